The molecule has 0 radical (unpaired) electrons. The molecular formula is C30H36N4O2S. The molecule has 37 heavy (non-hydrogen) atoms. The summed E-state index contributed by atoms with van der Waals surface area (Å²) in [7, 11) is 0. The SMILES string of the molecule is CC[S+]([O-])c1ccc(CNC(=O)N2CC(CC)(C3CC3)c3cc(-c4cncnc4C(C)C)ccc32)cc1. The number of carbonyl (C=O) groups excluding carboxylic acids is 1. The molecule has 1 N–H and O–H groups in total. The van der Waals surface area contributed by atoms with Gasteiger partial charge in [-0.1, -0.05) is 39.0 Å². The van der Waals surface area contributed by atoms with Crippen LogP contribution in [0.25, 0.3) is 11.1 Å². The standard InChI is InChI=1S/C30H36N4O2S/c1-5-30(23-10-11-23)18-34(29(35)32-16-21-7-12-24(13-8-21)37(36)6-2)27-14-9-22(15-26(27)30)25-17-31-19-33-28(25)20(3)4/h7-9,12-15,17,19-20,23H,5-6,10-11,16,18H2,1-4H3,(H,32,35). The van der Waals surface area contributed by atoms with Crippen molar-refractivity contribution in [1.82, 2.24) is 15.3 Å². The zero-order valence-corrected chi connectivity index (χ0v) is 23.0. The molecule has 0 spiro atoms. The van der Waals surface area contributed by atoms with Crippen LogP contribution in [0.15, 0.2) is 59.9 Å². The number of nitrogens with zero attached hydrogens (tertiary/aromatic N) is 3. The Kier molecular flexibility index (Phi) is 7.28. The van der Waals surface area contributed by atoms with Crippen molar-refractivity contribution in [1.29, 1.82) is 0 Å². The molecule has 194 valence electrons. The van der Waals surface area contributed by atoms with Gasteiger partial charge in [-0.3, -0.25) is 4.90 Å². The Morgan fingerprint density at radius 2 is 1.95 bits per heavy atom. The van der Waals surface area contributed by atoms with E-state index < -0.39 is 11.2 Å². The van der Waals surface area contributed by atoms with E-state index in [2.05, 4.69) is 54.3 Å². The zero-order valence-electron chi connectivity index (χ0n) is 22.2. The second kappa shape index (κ2) is 10.5. The lowest BCUT2D eigenvalue weighted by molar-refractivity contribution is 0.244. The minimum Gasteiger partial charge on any atom is -0.611 e. The highest BCUT2D eigenvalue weighted by atomic mass is 32.2. The quantitative estimate of drug-likeness (QED) is 0.362. The summed E-state index contributed by atoms with van der Waals surface area (Å²) in [5.41, 5.74) is 6.48. The van der Waals surface area contributed by atoms with Crippen molar-refractivity contribution in [3.63, 3.8) is 0 Å². The van der Waals surface area contributed by atoms with Gasteiger partial charge >= 0.3 is 6.03 Å². The highest BCUT2D eigenvalue weighted by Gasteiger charge is 2.52. The Bertz CT molecular complexity index is 1270. The van der Waals surface area contributed by atoms with Gasteiger partial charge in [-0.15, -0.1) is 0 Å². The Labute approximate surface area is 223 Å². The fourth-order valence-corrected chi connectivity index (χ4v) is 6.54. The first-order chi connectivity index (χ1) is 17.9. The summed E-state index contributed by atoms with van der Waals surface area (Å²) in [6.07, 6.45) is 6.95. The molecule has 5 rings (SSSR count). The summed E-state index contributed by atoms with van der Waals surface area (Å²) in [5.74, 6) is 1.50. The third-order valence-electron chi connectivity index (χ3n) is 7.99. The number of anilines is 1. The predicted molar refractivity (Wildman–Crippen MR) is 149 cm³/mol. The number of aromatic nitrogens is 2. The van der Waals surface area contributed by atoms with Crippen molar-refractivity contribution in [2.45, 2.75) is 69.7 Å². The van der Waals surface area contributed by atoms with Crippen molar-refractivity contribution in [3.8, 4) is 11.1 Å². The molecule has 2 atom stereocenters. The number of hydrogen-bond acceptors (Lipinski definition) is 4. The zero-order chi connectivity index (χ0) is 26.2. The van der Waals surface area contributed by atoms with Crippen LogP contribution in [-0.2, 0) is 23.1 Å². The van der Waals surface area contributed by atoms with Gasteiger partial charge in [0.05, 0.1) is 5.69 Å². The van der Waals surface area contributed by atoms with Gasteiger partial charge in [-0.05, 0) is 90.2 Å². The summed E-state index contributed by atoms with van der Waals surface area (Å²) in [6.45, 7) is 9.61. The lowest BCUT2D eigenvalue weighted by Gasteiger charge is -2.29. The van der Waals surface area contributed by atoms with Crippen molar-refractivity contribution >= 4 is 22.9 Å². The third-order valence-corrected chi connectivity index (χ3v) is 9.31. The van der Waals surface area contributed by atoms with Gasteiger partial charge in [-0.25, -0.2) is 14.8 Å². The average Bonchev–Trinajstić information content (AvgIpc) is 3.73. The molecule has 6 nitrogen and oxygen atoms in total. The topological polar surface area (TPSA) is 81.2 Å². The molecular weight excluding hydrogens is 480 g/mol. The lowest BCUT2D eigenvalue weighted by atomic mass is 9.75. The minimum absolute atomic E-state index is 0.0256. The number of urea groups is 1. The van der Waals surface area contributed by atoms with Crippen LogP contribution in [0.4, 0.5) is 10.5 Å². The van der Waals surface area contributed by atoms with E-state index in [1.165, 1.54) is 18.4 Å². The van der Waals surface area contributed by atoms with Crippen molar-refractivity contribution in [3.05, 3.63) is 71.8 Å². The Morgan fingerprint density at radius 3 is 2.59 bits per heavy atom. The van der Waals surface area contributed by atoms with Crippen LogP contribution in [-0.4, -0.2) is 32.8 Å². The van der Waals surface area contributed by atoms with Gasteiger partial charge in [0.25, 0.3) is 0 Å². The molecule has 2 aliphatic rings. The van der Waals surface area contributed by atoms with Crippen LogP contribution in [0, 0.1) is 5.92 Å². The maximum atomic E-state index is 13.5. The molecule has 2 unspecified atom stereocenters. The Balaban J connectivity index is 1.42. The number of rotatable bonds is 8. The fraction of sp³-hybridized carbons (Fsp3) is 0.433. The van der Waals surface area contributed by atoms with E-state index in [9.17, 15) is 9.35 Å². The molecule has 1 aliphatic carbocycles. The van der Waals surface area contributed by atoms with Crippen LogP contribution in [0.2, 0.25) is 0 Å². The van der Waals surface area contributed by atoms with Crippen molar-refractivity contribution < 1.29 is 9.35 Å². The predicted octanol–water partition coefficient (Wildman–Crippen LogP) is 6.18. The number of fused-ring (bicyclic) bond motifs is 1. The normalized spacial score (nSPS) is 19.7. The molecule has 2 amide bonds. The molecule has 2 heterocycles. The van der Waals surface area contributed by atoms with E-state index in [0.29, 0.717) is 30.7 Å². The van der Waals surface area contributed by atoms with Crippen molar-refractivity contribution in [2.24, 2.45) is 5.92 Å². The summed E-state index contributed by atoms with van der Waals surface area (Å²) >= 11 is -0.970. The molecule has 7 heteroatoms. The van der Waals surface area contributed by atoms with Crippen LogP contribution in [0.1, 0.15) is 69.7 Å². The van der Waals surface area contributed by atoms with Crippen LogP contribution >= 0.6 is 0 Å². The number of benzene rings is 2. The molecule has 1 aliphatic heterocycles. The summed E-state index contributed by atoms with van der Waals surface area (Å²) in [6, 6.07) is 14.1. The maximum absolute atomic E-state index is 13.5. The number of nitrogens with one attached hydrogen (secondary N) is 1. The first-order valence-electron chi connectivity index (χ1n) is 13.4. The van der Waals surface area contributed by atoms with E-state index in [4.69, 9.17) is 0 Å². The van der Waals surface area contributed by atoms with Gasteiger partial charge in [0.1, 0.15) is 12.1 Å². The summed E-state index contributed by atoms with van der Waals surface area (Å²) in [5, 5.41) is 3.13. The second-order valence-electron chi connectivity index (χ2n) is 10.5. The number of hydrogen-bond donors (Lipinski definition) is 1. The molecule has 1 aromatic heterocycles. The van der Waals surface area contributed by atoms with Gasteiger partial charge < -0.3 is 9.87 Å². The minimum atomic E-state index is -0.970. The van der Waals surface area contributed by atoms with Gasteiger partial charge in [-0.2, -0.15) is 0 Å². The fourth-order valence-electron chi connectivity index (χ4n) is 5.77. The van der Waals surface area contributed by atoms with Gasteiger partial charge in [0, 0.05) is 36.0 Å². The lowest BCUT2D eigenvalue weighted by Crippen LogP contribution is -2.43. The monoisotopic (exact) mass is 516 g/mol. The van der Waals surface area contributed by atoms with E-state index in [0.717, 1.165) is 39.4 Å². The van der Waals surface area contributed by atoms with Gasteiger partial charge in [0.2, 0.25) is 0 Å². The number of carbonyl (C=O) groups is 1. The maximum Gasteiger partial charge on any atom is 0.322 e. The van der Waals surface area contributed by atoms with E-state index in [1.54, 1.807) is 6.33 Å². The molecule has 1 fully saturated rings. The molecule has 2 aromatic carbocycles. The average molecular weight is 517 g/mol. The molecule has 0 saturated heterocycles. The summed E-state index contributed by atoms with van der Waals surface area (Å²) in [4.78, 5) is 25.1. The van der Waals surface area contributed by atoms with Gasteiger partial charge in [0.15, 0.2) is 4.90 Å². The first-order valence-corrected chi connectivity index (χ1v) is 14.7. The highest BCUT2D eigenvalue weighted by Crippen LogP contribution is 2.56. The second-order valence-corrected chi connectivity index (χ2v) is 12.3. The smallest absolute Gasteiger partial charge is 0.322 e. The molecule has 0 bridgehead atoms. The third kappa shape index (κ3) is 4.87. The number of amides is 2. The summed E-state index contributed by atoms with van der Waals surface area (Å²) < 4.78 is 12.0. The Morgan fingerprint density at radius 1 is 1.19 bits per heavy atom. The molecule has 3 aromatic rings. The van der Waals surface area contributed by atoms with E-state index in [-0.39, 0.29) is 11.4 Å². The van der Waals surface area contributed by atoms with Crippen LogP contribution in [0.3, 0.4) is 0 Å². The van der Waals surface area contributed by atoms with Crippen LogP contribution < -0.4 is 10.2 Å². The van der Waals surface area contributed by atoms with E-state index in [1.807, 2.05) is 42.3 Å². The highest BCUT2D eigenvalue weighted by molar-refractivity contribution is 7.91. The largest absolute Gasteiger partial charge is 0.611 e. The van der Waals surface area contributed by atoms with Crippen LogP contribution in [0.5, 0.6) is 0 Å². The van der Waals surface area contributed by atoms with Crippen molar-refractivity contribution in [2.75, 3.05) is 17.2 Å². The first kappa shape index (κ1) is 25.7. The molecule has 1 saturated carbocycles. The Hall–Kier alpha value is -2.90. The van der Waals surface area contributed by atoms with E-state index >= 15 is 0 Å².